The van der Waals surface area contributed by atoms with Gasteiger partial charge in [-0.1, -0.05) is 30.4 Å². The van der Waals surface area contributed by atoms with Gasteiger partial charge < -0.3 is 5.41 Å². The highest BCUT2D eigenvalue weighted by molar-refractivity contribution is 6.61. The summed E-state index contributed by atoms with van der Waals surface area (Å²) in [6.45, 7) is 5.63. The molecule has 0 atom stereocenters. The molecule has 1 aliphatic rings. The Labute approximate surface area is 205 Å². The number of allylic oxidation sites excluding steroid dienone is 4. The van der Waals surface area contributed by atoms with Gasteiger partial charge in [0.15, 0.2) is 0 Å². The number of para-hydroxylation sites is 1. The number of aryl methyl sites for hydroxylation is 1. The van der Waals surface area contributed by atoms with Crippen LogP contribution >= 0.6 is 0 Å². The van der Waals surface area contributed by atoms with E-state index in [1.54, 1.807) is 13.1 Å². The third-order valence-corrected chi connectivity index (χ3v) is 5.39. The van der Waals surface area contributed by atoms with Crippen molar-refractivity contribution >= 4 is 46.1 Å². The Morgan fingerprint density at radius 3 is 2.46 bits per heavy atom. The number of nitrogens with one attached hydrogen (secondary N) is 2. The van der Waals surface area contributed by atoms with Gasteiger partial charge in [-0.2, -0.15) is 15.3 Å². The van der Waals surface area contributed by atoms with Crippen molar-refractivity contribution in [1.29, 1.82) is 5.41 Å². The van der Waals surface area contributed by atoms with Crippen LogP contribution in [0.3, 0.4) is 0 Å². The van der Waals surface area contributed by atoms with Crippen LogP contribution in [-0.2, 0) is 0 Å². The Hall–Kier alpha value is -4.46. The second-order valence-electron chi connectivity index (χ2n) is 8.11. The molecule has 3 aromatic rings. The van der Waals surface area contributed by atoms with Gasteiger partial charge in [-0.25, -0.2) is 4.68 Å². The van der Waals surface area contributed by atoms with E-state index in [1.807, 2.05) is 73.1 Å². The van der Waals surface area contributed by atoms with Crippen LogP contribution in [0.4, 0.5) is 22.7 Å². The smallest absolute Gasteiger partial charge is 0.130 e. The number of nitrogens with zero attached hydrogens (tertiary/aromatic N) is 6. The molecular formula is C27H28N8. The maximum Gasteiger partial charge on any atom is 0.130 e. The molecule has 0 saturated heterocycles. The number of aromatic nitrogens is 2. The van der Waals surface area contributed by atoms with Crippen LogP contribution in [0.1, 0.15) is 31.2 Å². The van der Waals surface area contributed by atoms with Gasteiger partial charge in [0, 0.05) is 0 Å². The number of hydrogen-bond donors (Lipinski definition) is 2. The van der Waals surface area contributed by atoms with Gasteiger partial charge in [-0.05, 0) is 76.1 Å². The Balaban J connectivity index is 1.44. The number of hydrazone groups is 1. The first-order valence-electron chi connectivity index (χ1n) is 11.4. The summed E-state index contributed by atoms with van der Waals surface area (Å²) in [7, 11) is 0. The molecule has 2 aromatic carbocycles. The summed E-state index contributed by atoms with van der Waals surface area (Å²) >= 11 is 0. The highest BCUT2D eigenvalue weighted by atomic mass is 15.3. The fourth-order valence-corrected chi connectivity index (χ4v) is 3.48. The average molecular weight is 465 g/mol. The molecule has 176 valence electrons. The van der Waals surface area contributed by atoms with Gasteiger partial charge in [-0.15, -0.1) is 5.11 Å². The molecule has 2 N–H and O–H groups in total. The summed E-state index contributed by atoms with van der Waals surface area (Å²) in [5.41, 5.74) is 9.68. The van der Waals surface area contributed by atoms with Crippen molar-refractivity contribution in [3.63, 3.8) is 0 Å². The van der Waals surface area contributed by atoms with Crippen molar-refractivity contribution in [1.82, 2.24) is 9.78 Å². The quantitative estimate of drug-likeness (QED) is 0.207. The molecule has 0 radical (unpaired) electrons. The Bertz CT molecular complexity index is 1340. The molecule has 0 bridgehead atoms. The minimum atomic E-state index is 0.313. The lowest BCUT2D eigenvalue weighted by Gasteiger charge is -2.08. The zero-order valence-electron chi connectivity index (χ0n) is 20.1. The summed E-state index contributed by atoms with van der Waals surface area (Å²) in [4.78, 5) is 4.37. The lowest BCUT2D eigenvalue weighted by atomic mass is 10.1. The molecule has 1 heterocycles. The molecule has 0 aliphatic heterocycles. The third kappa shape index (κ3) is 6.11. The summed E-state index contributed by atoms with van der Waals surface area (Å²) in [5.74, 6) is 0. The topological polar surface area (TPSA) is 103 Å². The van der Waals surface area contributed by atoms with E-state index in [9.17, 15) is 0 Å². The van der Waals surface area contributed by atoms with Gasteiger partial charge in [0.25, 0.3) is 0 Å². The van der Waals surface area contributed by atoms with Crippen LogP contribution < -0.4 is 5.43 Å². The first-order valence-corrected chi connectivity index (χ1v) is 11.4. The Morgan fingerprint density at radius 2 is 1.77 bits per heavy atom. The Kier molecular flexibility index (Phi) is 7.52. The molecule has 35 heavy (non-hydrogen) atoms. The van der Waals surface area contributed by atoms with E-state index in [-0.39, 0.29) is 0 Å². The fourth-order valence-electron chi connectivity index (χ4n) is 3.48. The van der Waals surface area contributed by atoms with Gasteiger partial charge in [0.05, 0.1) is 46.1 Å². The number of anilines is 1. The second kappa shape index (κ2) is 11.1. The van der Waals surface area contributed by atoms with Crippen molar-refractivity contribution in [2.75, 3.05) is 5.43 Å². The van der Waals surface area contributed by atoms with Crippen LogP contribution in [0.15, 0.2) is 93.1 Å². The van der Waals surface area contributed by atoms with E-state index >= 15 is 0 Å². The highest BCUT2D eigenvalue weighted by Gasteiger charge is 2.13. The van der Waals surface area contributed by atoms with Crippen molar-refractivity contribution in [3.8, 4) is 0 Å². The standard InChI is InChI=1S/C27H28N8/c1-19(28)26(18-29-22-10-6-4-7-11-22)32-30-23-14-16-24(17-15-23)31-33-27-20(2)34-35(21(27)3)25-12-8-5-9-13-25/h4,6-8,10-18,28,30H,5,9H2,1-3H3. The monoisotopic (exact) mass is 464 g/mol. The lowest BCUT2D eigenvalue weighted by Crippen LogP contribution is -2.12. The number of hydrogen-bond acceptors (Lipinski definition) is 7. The van der Waals surface area contributed by atoms with Crippen molar-refractivity contribution in [2.24, 2.45) is 20.3 Å². The lowest BCUT2D eigenvalue weighted by molar-refractivity contribution is 0.845. The predicted octanol–water partition coefficient (Wildman–Crippen LogP) is 7.32. The van der Waals surface area contributed by atoms with Crippen molar-refractivity contribution < 1.29 is 0 Å². The molecule has 0 unspecified atom stereocenters. The molecule has 0 amide bonds. The van der Waals surface area contributed by atoms with Crippen LogP contribution in [0.2, 0.25) is 0 Å². The summed E-state index contributed by atoms with van der Waals surface area (Å²) < 4.78 is 1.92. The first kappa shape index (κ1) is 23.7. The SMILES string of the molecule is CC(=N)C(C=Nc1ccccc1)=NNc1ccc(N=Nc2c(C)nn(C3=CCCC=C3)c2C)cc1. The zero-order valence-corrected chi connectivity index (χ0v) is 20.1. The summed E-state index contributed by atoms with van der Waals surface area (Å²) in [6, 6.07) is 17.0. The third-order valence-electron chi connectivity index (χ3n) is 5.39. The van der Waals surface area contributed by atoms with Crippen molar-refractivity contribution in [2.45, 2.75) is 33.6 Å². The van der Waals surface area contributed by atoms with Gasteiger partial charge >= 0.3 is 0 Å². The minimum absolute atomic E-state index is 0.313. The van der Waals surface area contributed by atoms with Gasteiger partial charge in [-0.3, -0.25) is 10.4 Å². The van der Waals surface area contributed by atoms with Crippen molar-refractivity contribution in [3.05, 3.63) is 84.2 Å². The molecule has 1 aliphatic carbocycles. The number of aliphatic imine (C=N–C) groups is 1. The van der Waals surface area contributed by atoms with Gasteiger partial charge in [0.1, 0.15) is 11.4 Å². The molecule has 8 heteroatoms. The number of azo groups is 1. The Morgan fingerprint density at radius 1 is 1.00 bits per heavy atom. The molecule has 8 nitrogen and oxygen atoms in total. The van der Waals surface area contributed by atoms with Gasteiger partial charge in [0.2, 0.25) is 0 Å². The van der Waals surface area contributed by atoms with E-state index in [0.717, 1.165) is 52.7 Å². The predicted molar refractivity (Wildman–Crippen MR) is 144 cm³/mol. The van der Waals surface area contributed by atoms with Crippen LogP contribution in [0.5, 0.6) is 0 Å². The highest BCUT2D eigenvalue weighted by Crippen LogP contribution is 2.29. The van der Waals surface area contributed by atoms with E-state index < -0.39 is 0 Å². The molecule has 0 saturated carbocycles. The number of rotatable bonds is 8. The van der Waals surface area contributed by atoms with E-state index in [2.05, 4.69) is 49.1 Å². The van der Waals surface area contributed by atoms with Crippen LogP contribution in [0.25, 0.3) is 5.70 Å². The molecule has 0 fully saturated rings. The molecule has 4 rings (SSSR count). The normalized spacial score (nSPS) is 14.0. The maximum absolute atomic E-state index is 7.95. The number of benzene rings is 2. The average Bonchev–Trinajstić information content (AvgIpc) is 3.17. The largest absolute Gasteiger partial charge is 0.303 e. The van der Waals surface area contributed by atoms with Crippen LogP contribution in [0, 0.1) is 19.3 Å². The van der Waals surface area contributed by atoms with Crippen LogP contribution in [-0.4, -0.2) is 27.4 Å². The first-order chi connectivity index (χ1) is 17.0. The molecular weight excluding hydrogens is 436 g/mol. The minimum Gasteiger partial charge on any atom is -0.303 e. The van der Waals surface area contributed by atoms with E-state index in [0.29, 0.717) is 11.4 Å². The zero-order chi connectivity index (χ0) is 24.6. The van der Waals surface area contributed by atoms with E-state index in [1.165, 1.54) is 0 Å². The maximum atomic E-state index is 7.95. The summed E-state index contributed by atoms with van der Waals surface area (Å²) in [5, 5.41) is 25.8. The second-order valence-corrected chi connectivity index (χ2v) is 8.11. The molecule has 1 aromatic heterocycles. The van der Waals surface area contributed by atoms with E-state index in [4.69, 9.17) is 5.41 Å². The molecule has 0 spiro atoms. The fraction of sp³-hybridized carbons (Fsp3) is 0.185. The summed E-state index contributed by atoms with van der Waals surface area (Å²) in [6.07, 6.45) is 10.1.